The van der Waals surface area contributed by atoms with Gasteiger partial charge in [-0.2, -0.15) is 5.26 Å². The SMILES string of the molecule is Cc1c(C(=O)Nc2ccc(F)c(C#N)c2)c(Cl)n(C)c1C(=O)C(=O)NC(C)(C)C. The number of carbonyl (C=O) groups excluding carboxylic acids is 3. The van der Waals surface area contributed by atoms with Crippen molar-refractivity contribution in [2.75, 3.05) is 5.32 Å². The molecule has 0 fully saturated rings. The number of rotatable bonds is 4. The van der Waals surface area contributed by atoms with Crippen LogP contribution in [0.2, 0.25) is 5.15 Å². The fraction of sp³-hybridized carbons (Fsp3) is 0.300. The van der Waals surface area contributed by atoms with E-state index in [9.17, 15) is 18.8 Å². The summed E-state index contributed by atoms with van der Waals surface area (Å²) in [4.78, 5) is 37.6. The number of nitrogens with one attached hydrogen (secondary N) is 2. The molecular weight excluding hydrogens is 399 g/mol. The van der Waals surface area contributed by atoms with Crippen LogP contribution < -0.4 is 10.6 Å². The normalized spacial score (nSPS) is 11.0. The Morgan fingerprint density at radius 2 is 1.86 bits per heavy atom. The Morgan fingerprint density at radius 1 is 1.24 bits per heavy atom. The molecule has 2 amide bonds. The lowest BCUT2D eigenvalue weighted by molar-refractivity contribution is -0.118. The van der Waals surface area contributed by atoms with Crippen LogP contribution in [-0.2, 0) is 11.8 Å². The van der Waals surface area contributed by atoms with Crippen molar-refractivity contribution in [3.8, 4) is 6.07 Å². The number of Topliss-reactive ketones (excluding diaryl/α,β-unsaturated/α-hetero) is 1. The molecular formula is C20H20ClFN4O3. The summed E-state index contributed by atoms with van der Waals surface area (Å²) in [6.45, 7) is 6.71. The van der Waals surface area contributed by atoms with Gasteiger partial charge in [-0.25, -0.2) is 4.39 Å². The van der Waals surface area contributed by atoms with E-state index in [4.69, 9.17) is 16.9 Å². The monoisotopic (exact) mass is 418 g/mol. The largest absolute Gasteiger partial charge is 0.345 e. The van der Waals surface area contributed by atoms with Crippen molar-refractivity contribution in [3.63, 3.8) is 0 Å². The molecule has 152 valence electrons. The van der Waals surface area contributed by atoms with Crippen molar-refractivity contribution in [3.05, 3.63) is 51.6 Å². The lowest BCUT2D eigenvalue weighted by atomic mass is 10.1. The minimum Gasteiger partial charge on any atom is -0.345 e. The van der Waals surface area contributed by atoms with Crippen molar-refractivity contribution in [1.82, 2.24) is 9.88 Å². The molecule has 9 heteroatoms. The van der Waals surface area contributed by atoms with Crippen LogP contribution in [0.25, 0.3) is 0 Å². The van der Waals surface area contributed by atoms with Crippen LogP contribution in [0.1, 0.15) is 52.7 Å². The predicted octanol–water partition coefficient (Wildman–Crippen LogP) is 3.35. The highest BCUT2D eigenvalue weighted by Crippen LogP contribution is 2.28. The highest BCUT2D eigenvalue weighted by atomic mass is 35.5. The highest BCUT2D eigenvalue weighted by molar-refractivity contribution is 6.44. The lowest BCUT2D eigenvalue weighted by Gasteiger charge is -2.20. The van der Waals surface area contributed by atoms with Crippen LogP contribution in [0.4, 0.5) is 10.1 Å². The topological polar surface area (TPSA) is 104 Å². The number of nitriles is 1. The summed E-state index contributed by atoms with van der Waals surface area (Å²) >= 11 is 6.25. The number of anilines is 1. The van der Waals surface area contributed by atoms with Crippen molar-refractivity contribution in [2.45, 2.75) is 33.2 Å². The number of hydrogen-bond acceptors (Lipinski definition) is 4. The van der Waals surface area contributed by atoms with Crippen molar-refractivity contribution >= 4 is 34.9 Å². The van der Waals surface area contributed by atoms with Crippen molar-refractivity contribution in [2.24, 2.45) is 7.05 Å². The molecule has 1 heterocycles. The van der Waals surface area contributed by atoms with Crippen LogP contribution >= 0.6 is 11.6 Å². The second-order valence-electron chi connectivity index (χ2n) is 7.49. The molecule has 2 aromatic rings. The van der Waals surface area contributed by atoms with Gasteiger partial charge in [-0.15, -0.1) is 0 Å². The molecule has 0 unspecified atom stereocenters. The van der Waals surface area contributed by atoms with Crippen LogP contribution in [0.5, 0.6) is 0 Å². The number of amides is 2. The molecule has 2 N–H and O–H groups in total. The third kappa shape index (κ3) is 4.63. The summed E-state index contributed by atoms with van der Waals surface area (Å²) in [5.41, 5.74) is -0.440. The zero-order chi connectivity index (χ0) is 22.1. The molecule has 0 saturated heterocycles. The Morgan fingerprint density at radius 3 is 2.41 bits per heavy atom. The molecule has 0 aliphatic rings. The van der Waals surface area contributed by atoms with E-state index in [1.54, 1.807) is 26.8 Å². The zero-order valence-electron chi connectivity index (χ0n) is 16.6. The average Bonchev–Trinajstić information content (AvgIpc) is 2.83. The van der Waals surface area contributed by atoms with Gasteiger partial charge in [-0.05, 0) is 51.5 Å². The smallest absolute Gasteiger partial charge is 0.294 e. The van der Waals surface area contributed by atoms with E-state index >= 15 is 0 Å². The van der Waals surface area contributed by atoms with Gasteiger partial charge in [-0.1, -0.05) is 11.6 Å². The maximum absolute atomic E-state index is 13.5. The molecule has 0 aliphatic heterocycles. The average molecular weight is 419 g/mol. The number of carbonyl (C=O) groups is 3. The quantitative estimate of drug-likeness (QED) is 0.586. The number of benzene rings is 1. The Hall–Kier alpha value is -3.18. The second kappa shape index (κ2) is 8.05. The number of aromatic nitrogens is 1. The number of halogens is 2. The molecule has 0 bridgehead atoms. The molecule has 7 nitrogen and oxygen atoms in total. The summed E-state index contributed by atoms with van der Waals surface area (Å²) < 4.78 is 14.7. The van der Waals surface area contributed by atoms with Gasteiger partial charge in [0.15, 0.2) is 0 Å². The van der Waals surface area contributed by atoms with E-state index in [2.05, 4.69) is 10.6 Å². The van der Waals surface area contributed by atoms with E-state index in [-0.39, 0.29) is 33.2 Å². The lowest BCUT2D eigenvalue weighted by Crippen LogP contribution is -2.44. The van der Waals surface area contributed by atoms with Crippen LogP contribution in [0, 0.1) is 24.1 Å². The van der Waals surface area contributed by atoms with Gasteiger partial charge < -0.3 is 15.2 Å². The van der Waals surface area contributed by atoms with Gasteiger partial charge in [0, 0.05) is 18.3 Å². The minimum absolute atomic E-state index is 0.00362. The van der Waals surface area contributed by atoms with Crippen LogP contribution in [0.3, 0.4) is 0 Å². The standard InChI is InChI=1S/C20H20ClFN4O3/c1-10-14(18(28)24-12-6-7-13(22)11(8-12)9-23)17(21)26(5)15(10)16(27)19(29)25-20(2,3)4/h6-8H,1-5H3,(H,24,28)(H,25,29). The van der Waals surface area contributed by atoms with Gasteiger partial charge in [0.1, 0.15) is 17.0 Å². The third-order valence-corrected chi connectivity index (χ3v) is 4.49. The zero-order valence-corrected chi connectivity index (χ0v) is 17.4. The molecule has 0 radical (unpaired) electrons. The van der Waals surface area contributed by atoms with Gasteiger partial charge in [0.05, 0.1) is 16.8 Å². The molecule has 1 aromatic heterocycles. The minimum atomic E-state index is -0.825. The number of hydrogen-bond donors (Lipinski definition) is 2. The van der Waals surface area contributed by atoms with Crippen molar-refractivity contribution < 1.29 is 18.8 Å². The molecule has 0 aliphatic carbocycles. The third-order valence-electron chi connectivity index (χ3n) is 4.05. The first-order valence-electron chi connectivity index (χ1n) is 8.60. The van der Waals surface area contributed by atoms with E-state index in [1.165, 1.54) is 30.7 Å². The maximum atomic E-state index is 13.5. The first kappa shape index (κ1) is 22.1. The van der Waals surface area contributed by atoms with Crippen LogP contribution in [0.15, 0.2) is 18.2 Å². The molecule has 0 spiro atoms. The Kier molecular flexibility index (Phi) is 6.14. The number of ketones is 1. The molecule has 29 heavy (non-hydrogen) atoms. The first-order valence-corrected chi connectivity index (χ1v) is 8.97. The predicted molar refractivity (Wildman–Crippen MR) is 106 cm³/mol. The molecule has 0 saturated carbocycles. The van der Waals surface area contributed by atoms with E-state index < -0.39 is 29.0 Å². The van der Waals surface area contributed by atoms with E-state index in [1.807, 2.05) is 0 Å². The Bertz CT molecular complexity index is 1060. The van der Waals surface area contributed by atoms with E-state index in [0.29, 0.717) is 0 Å². The maximum Gasteiger partial charge on any atom is 0.294 e. The van der Waals surface area contributed by atoms with Gasteiger partial charge in [0.2, 0.25) is 0 Å². The van der Waals surface area contributed by atoms with Gasteiger partial charge in [-0.3, -0.25) is 14.4 Å². The van der Waals surface area contributed by atoms with Gasteiger partial charge in [0.25, 0.3) is 17.6 Å². The highest BCUT2D eigenvalue weighted by Gasteiger charge is 2.30. The summed E-state index contributed by atoms with van der Waals surface area (Å²) in [6.07, 6.45) is 0. The summed E-state index contributed by atoms with van der Waals surface area (Å²) in [5, 5.41) is 14.0. The summed E-state index contributed by atoms with van der Waals surface area (Å²) in [6, 6.07) is 5.22. The Labute approximate surface area is 172 Å². The summed E-state index contributed by atoms with van der Waals surface area (Å²) in [5.74, 6) is -3.01. The molecule has 0 atom stereocenters. The first-order chi connectivity index (χ1) is 13.4. The van der Waals surface area contributed by atoms with E-state index in [0.717, 1.165) is 6.07 Å². The second-order valence-corrected chi connectivity index (χ2v) is 7.85. The van der Waals surface area contributed by atoms with Crippen LogP contribution in [-0.4, -0.2) is 27.7 Å². The number of nitrogens with zero attached hydrogens (tertiary/aromatic N) is 2. The van der Waals surface area contributed by atoms with Gasteiger partial charge >= 0.3 is 0 Å². The Balaban J connectivity index is 2.39. The molecule has 1 aromatic carbocycles. The fourth-order valence-electron chi connectivity index (χ4n) is 2.76. The van der Waals surface area contributed by atoms with Crippen molar-refractivity contribution in [1.29, 1.82) is 5.26 Å². The summed E-state index contributed by atoms with van der Waals surface area (Å²) in [7, 11) is 1.47. The fourth-order valence-corrected chi connectivity index (χ4v) is 3.08. The molecule has 2 rings (SSSR count).